The summed E-state index contributed by atoms with van der Waals surface area (Å²) >= 11 is 6.13. The maximum absolute atomic E-state index is 6.13. The molecule has 100 valence electrons. The minimum absolute atomic E-state index is 0.294. The highest BCUT2D eigenvalue weighted by Gasteiger charge is 2.14. The SMILES string of the molecule is COc1ccc(-c2nc(-c3ccccc3)c(Cl)o2)cc1. The summed E-state index contributed by atoms with van der Waals surface area (Å²) in [4.78, 5) is 4.47. The molecule has 0 unspecified atom stereocenters. The van der Waals surface area contributed by atoms with Gasteiger partial charge < -0.3 is 9.15 Å². The van der Waals surface area contributed by atoms with E-state index in [9.17, 15) is 0 Å². The maximum Gasteiger partial charge on any atom is 0.228 e. The maximum atomic E-state index is 6.13. The van der Waals surface area contributed by atoms with Gasteiger partial charge in [0.15, 0.2) is 0 Å². The molecule has 3 rings (SSSR count). The van der Waals surface area contributed by atoms with Crippen LogP contribution in [0.5, 0.6) is 5.75 Å². The van der Waals surface area contributed by atoms with E-state index in [2.05, 4.69) is 4.98 Å². The summed E-state index contributed by atoms with van der Waals surface area (Å²) in [6.07, 6.45) is 0. The van der Waals surface area contributed by atoms with Gasteiger partial charge in [-0.1, -0.05) is 30.3 Å². The van der Waals surface area contributed by atoms with E-state index in [1.165, 1.54) is 0 Å². The number of methoxy groups -OCH3 is 1. The summed E-state index contributed by atoms with van der Waals surface area (Å²) in [6, 6.07) is 17.2. The monoisotopic (exact) mass is 285 g/mol. The molecule has 20 heavy (non-hydrogen) atoms. The van der Waals surface area contributed by atoms with Gasteiger partial charge in [0.25, 0.3) is 0 Å². The molecular weight excluding hydrogens is 274 g/mol. The van der Waals surface area contributed by atoms with E-state index in [1.54, 1.807) is 7.11 Å². The van der Waals surface area contributed by atoms with Gasteiger partial charge in [-0.15, -0.1) is 0 Å². The van der Waals surface area contributed by atoms with Crippen LogP contribution in [0.2, 0.25) is 5.22 Å². The van der Waals surface area contributed by atoms with E-state index in [1.807, 2.05) is 54.6 Å². The Balaban J connectivity index is 2.00. The van der Waals surface area contributed by atoms with Crippen LogP contribution in [0, 0.1) is 0 Å². The Morgan fingerprint density at radius 2 is 1.65 bits per heavy atom. The molecule has 0 aliphatic heterocycles. The van der Waals surface area contributed by atoms with Crippen molar-refractivity contribution in [2.24, 2.45) is 0 Å². The number of ether oxygens (including phenoxy) is 1. The van der Waals surface area contributed by atoms with Gasteiger partial charge in [0.1, 0.15) is 11.4 Å². The first kappa shape index (κ1) is 12.8. The van der Waals surface area contributed by atoms with Gasteiger partial charge in [-0.3, -0.25) is 0 Å². The van der Waals surface area contributed by atoms with Gasteiger partial charge >= 0.3 is 0 Å². The molecule has 0 saturated heterocycles. The number of hydrogen-bond donors (Lipinski definition) is 0. The van der Waals surface area contributed by atoms with Crippen molar-refractivity contribution >= 4 is 11.6 Å². The quantitative estimate of drug-likeness (QED) is 0.701. The number of benzene rings is 2. The van der Waals surface area contributed by atoms with Crippen molar-refractivity contribution in [2.75, 3.05) is 7.11 Å². The van der Waals surface area contributed by atoms with Crippen LogP contribution in [0.15, 0.2) is 59.0 Å². The second-order valence-electron chi connectivity index (χ2n) is 4.24. The molecule has 0 aliphatic rings. The molecule has 4 heteroatoms. The van der Waals surface area contributed by atoms with E-state index in [0.29, 0.717) is 16.8 Å². The first-order valence-electron chi connectivity index (χ1n) is 6.14. The second kappa shape index (κ2) is 5.39. The predicted molar refractivity (Wildman–Crippen MR) is 78.9 cm³/mol. The van der Waals surface area contributed by atoms with Crippen LogP contribution in [-0.4, -0.2) is 12.1 Å². The molecule has 0 N–H and O–H groups in total. The van der Waals surface area contributed by atoms with Gasteiger partial charge in [0.2, 0.25) is 11.1 Å². The minimum atomic E-state index is 0.294. The molecule has 3 nitrogen and oxygen atoms in total. The van der Waals surface area contributed by atoms with Crippen LogP contribution in [0.25, 0.3) is 22.7 Å². The lowest BCUT2D eigenvalue weighted by Crippen LogP contribution is -1.83. The van der Waals surface area contributed by atoms with Gasteiger partial charge in [-0.2, -0.15) is 0 Å². The Hall–Kier alpha value is -2.26. The summed E-state index contributed by atoms with van der Waals surface area (Å²) in [6.45, 7) is 0. The molecule has 0 atom stereocenters. The molecule has 0 aliphatic carbocycles. The average Bonchev–Trinajstić information content (AvgIpc) is 2.90. The normalized spacial score (nSPS) is 10.5. The fourth-order valence-electron chi connectivity index (χ4n) is 1.93. The van der Waals surface area contributed by atoms with E-state index in [0.717, 1.165) is 16.9 Å². The Morgan fingerprint density at radius 1 is 0.950 bits per heavy atom. The number of rotatable bonds is 3. The summed E-state index contributed by atoms with van der Waals surface area (Å²) in [5.41, 5.74) is 2.44. The van der Waals surface area contributed by atoms with Crippen LogP contribution in [0.4, 0.5) is 0 Å². The third kappa shape index (κ3) is 2.40. The first-order chi connectivity index (χ1) is 9.78. The zero-order valence-electron chi connectivity index (χ0n) is 10.8. The summed E-state index contributed by atoms with van der Waals surface area (Å²) in [5.74, 6) is 1.28. The van der Waals surface area contributed by atoms with Gasteiger partial charge in [-0.05, 0) is 35.9 Å². The van der Waals surface area contributed by atoms with Crippen molar-refractivity contribution in [1.82, 2.24) is 4.98 Å². The average molecular weight is 286 g/mol. The molecule has 0 spiro atoms. The fraction of sp³-hybridized carbons (Fsp3) is 0.0625. The molecule has 1 aromatic heterocycles. The molecular formula is C16H12ClNO2. The van der Waals surface area contributed by atoms with Crippen LogP contribution in [0.3, 0.4) is 0 Å². The lowest BCUT2D eigenvalue weighted by molar-refractivity contribution is 0.415. The van der Waals surface area contributed by atoms with E-state index < -0.39 is 0 Å². The summed E-state index contributed by atoms with van der Waals surface area (Å²) in [7, 11) is 1.63. The van der Waals surface area contributed by atoms with Crippen LogP contribution in [-0.2, 0) is 0 Å². The topological polar surface area (TPSA) is 35.3 Å². The van der Waals surface area contributed by atoms with E-state index in [-0.39, 0.29) is 0 Å². The zero-order chi connectivity index (χ0) is 13.9. The van der Waals surface area contributed by atoms with Crippen molar-refractivity contribution in [2.45, 2.75) is 0 Å². The largest absolute Gasteiger partial charge is 0.497 e. The Labute approximate surface area is 121 Å². The van der Waals surface area contributed by atoms with Crippen molar-refractivity contribution < 1.29 is 9.15 Å². The predicted octanol–water partition coefficient (Wildman–Crippen LogP) is 4.67. The highest BCUT2D eigenvalue weighted by atomic mass is 35.5. The molecule has 0 amide bonds. The third-order valence-corrected chi connectivity index (χ3v) is 3.23. The van der Waals surface area contributed by atoms with Crippen LogP contribution < -0.4 is 4.74 Å². The standard InChI is InChI=1S/C16H12ClNO2/c1-19-13-9-7-12(8-10-13)16-18-14(15(17)20-16)11-5-3-2-4-6-11/h2-10H,1H3. The van der Waals surface area contributed by atoms with E-state index >= 15 is 0 Å². The molecule has 3 aromatic rings. The van der Waals surface area contributed by atoms with Crippen molar-refractivity contribution in [3.63, 3.8) is 0 Å². The first-order valence-corrected chi connectivity index (χ1v) is 6.52. The number of nitrogens with zero attached hydrogens (tertiary/aromatic N) is 1. The summed E-state index contributed by atoms with van der Waals surface area (Å²) in [5, 5.41) is 0.294. The number of aromatic nitrogens is 1. The third-order valence-electron chi connectivity index (χ3n) is 2.97. The lowest BCUT2D eigenvalue weighted by Gasteiger charge is -1.99. The molecule has 0 fully saturated rings. The van der Waals surface area contributed by atoms with Gasteiger partial charge in [0, 0.05) is 11.1 Å². The fourth-order valence-corrected chi connectivity index (χ4v) is 2.16. The van der Waals surface area contributed by atoms with E-state index in [4.69, 9.17) is 20.8 Å². The number of halogens is 1. The van der Waals surface area contributed by atoms with Crippen LogP contribution in [0.1, 0.15) is 0 Å². The van der Waals surface area contributed by atoms with Gasteiger partial charge in [-0.25, -0.2) is 4.98 Å². The van der Waals surface area contributed by atoms with Crippen molar-refractivity contribution in [1.29, 1.82) is 0 Å². The Morgan fingerprint density at radius 3 is 2.30 bits per heavy atom. The number of hydrogen-bond acceptors (Lipinski definition) is 3. The van der Waals surface area contributed by atoms with Gasteiger partial charge in [0.05, 0.1) is 7.11 Å². The highest BCUT2D eigenvalue weighted by molar-refractivity contribution is 6.31. The highest BCUT2D eigenvalue weighted by Crippen LogP contribution is 2.32. The lowest BCUT2D eigenvalue weighted by atomic mass is 10.2. The molecule has 0 radical (unpaired) electrons. The molecule has 0 saturated carbocycles. The van der Waals surface area contributed by atoms with Crippen molar-refractivity contribution in [3.05, 3.63) is 59.8 Å². The molecule has 2 aromatic carbocycles. The number of oxazole rings is 1. The summed E-state index contributed by atoms with van der Waals surface area (Å²) < 4.78 is 10.7. The van der Waals surface area contributed by atoms with Crippen molar-refractivity contribution in [3.8, 4) is 28.5 Å². The smallest absolute Gasteiger partial charge is 0.228 e. The Bertz CT molecular complexity index is 705. The Kier molecular flexibility index (Phi) is 3.44. The molecule has 0 bridgehead atoms. The second-order valence-corrected chi connectivity index (χ2v) is 4.58. The molecule has 1 heterocycles. The zero-order valence-corrected chi connectivity index (χ0v) is 11.6. The minimum Gasteiger partial charge on any atom is -0.497 e. The van der Waals surface area contributed by atoms with Crippen LogP contribution >= 0.6 is 11.6 Å².